The number of likely N-dealkylation sites (N-methyl/N-ethyl adjacent to an activating group) is 2. The number of rotatable bonds is 4. The summed E-state index contributed by atoms with van der Waals surface area (Å²) in [5, 5.41) is 3.48. The fourth-order valence-electron chi connectivity index (χ4n) is 3.15. The van der Waals surface area contributed by atoms with E-state index in [1.807, 2.05) is 0 Å². The molecule has 0 amide bonds. The zero-order chi connectivity index (χ0) is 12.3. The fourth-order valence-corrected chi connectivity index (χ4v) is 3.15. The van der Waals surface area contributed by atoms with Crippen LogP contribution < -0.4 is 5.32 Å². The lowest BCUT2D eigenvalue weighted by atomic mass is 9.78. The molecule has 1 aliphatic rings. The summed E-state index contributed by atoms with van der Waals surface area (Å²) in [6, 6.07) is 0.617. The SMILES string of the molecule is CNC(C)(C)C(C1CCN(C)CC1)N(C)C. The van der Waals surface area contributed by atoms with Crippen molar-refractivity contribution in [2.45, 2.75) is 38.3 Å². The Hall–Kier alpha value is -0.120. The molecule has 1 aliphatic heterocycles. The number of nitrogens with zero attached hydrogens (tertiary/aromatic N) is 2. The largest absolute Gasteiger partial charge is 0.313 e. The Morgan fingerprint density at radius 1 is 1.25 bits per heavy atom. The minimum atomic E-state index is 0.185. The summed E-state index contributed by atoms with van der Waals surface area (Å²) in [6.07, 6.45) is 2.65. The van der Waals surface area contributed by atoms with Crippen LogP contribution in [0.4, 0.5) is 0 Å². The Morgan fingerprint density at radius 2 is 1.75 bits per heavy atom. The molecule has 0 aliphatic carbocycles. The lowest BCUT2D eigenvalue weighted by Gasteiger charge is -2.46. The summed E-state index contributed by atoms with van der Waals surface area (Å²) in [7, 11) is 8.72. The summed E-state index contributed by atoms with van der Waals surface area (Å²) >= 11 is 0. The Balaban J connectivity index is 2.71. The number of likely N-dealkylation sites (tertiary alicyclic amines) is 1. The molecule has 0 bridgehead atoms. The van der Waals surface area contributed by atoms with Crippen molar-refractivity contribution in [2.75, 3.05) is 41.3 Å². The van der Waals surface area contributed by atoms with Crippen molar-refractivity contribution < 1.29 is 0 Å². The van der Waals surface area contributed by atoms with Gasteiger partial charge in [-0.25, -0.2) is 0 Å². The van der Waals surface area contributed by atoms with Crippen LogP contribution in [0.5, 0.6) is 0 Å². The Labute approximate surface area is 101 Å². The normalized spacial score (nSPS) is 22.7. The van der Waals surface area contributed by atoms with Crippen LogP contribution in [0.1, 0.15) is 26.7 Å². The predicted octanol–water partition coefficient (Wildman–Crippen LogP) is 1.26. The maximum atomic E-state index is 3.48. The molecule has 16 heavy (non-hydrogen) atoms. The minimum absolute atomic E-state index is 0.185. The van der Waals surface area contributed by atoms with Crippen molar-refractivity contribution in [1.82, 2.24) is 15.1 Å². The molecule has 3 nitrogen and oxygen atoms in total. The first-order chi connectivity index (χ1) is 7.38. The van der Waals surface area contributed by atoms with Gasteiger partial charge in [0.05, 0.1) is 0 Å². The monoisotopic (exact) mass is 227 g/mol. The molecule has 1 unspecified atom stereocenters. The number of hydrogen-bond acceptors (Lipinski definition) is 3. The molecule has 0 aromatic carbocycles. The van der Waals surface area contributed by atoms with Gasteiger partial charge in [-0.15, -0.1) is 0 Å². The first-order valence-electron chi connectivity index (χ1n) is 6.42. The average molecular weight is 227 g/mol. The number of hydrogen-bond donors (Lipinski definition) is 1. The molecule has 0 radical (unpaired) electrons. The molecule has 0 aromatic heterocycles. The van der Waals surface area contributed by atoms with E-state index in [0.717, 1.165) is 5.92 Å². The van der Waals surface area contributed by atoms with E-state index in [4.69, 9.17) is 0 Å². The lowest BCUT2D eigenvalue weighted by molar-refractivity contribution is 0.0737. The highest BCUT2D eigenvalue weighted by atomic mass is 15.2. The third kappa shape index (κ3) is 3.19. The van der Waals surface area contributed by atoms with Crippen molar-refractivity contribution >= 4 is 0 Å². The molecular weight excluding hydrogens is 198 g/mol. The summed E-state index contributed by atoms with van der Waals surface area (Å²) in [5.74, 6) is 0.814. The van der Waals surface area contributed by atoms with Crippen LogP contribution in [-0.2, 0) is 0 Å². The van der Waals surface area contributed by atoms with Gasteiger partial charge in [0.2, 0.25) is 0 Å². The van der Waals surface area contributed by atoms with Gasteiger partial charge in [-0.1, -0.05) is 0 Å². The number of nitrogens with one attached hydrogen (secondary N) is 1. The summed E-state index contributed by atoms with van der Waals surface area (Å²) in [6.45, 7) is 7.12. The van der Waals surface area contributed by atoms with Crippen LogP contribution in [0.25, 0.3) is 0 Å². The highest BCUT2D eigenvalue weighted by Gasteiger charge is 2.37. The Morgan fingerprint density at radius 3 is 2.12 bits per heavy atom. The first-order valence-corrected chi connectivity index (χ1v) is 6.42. The second kappa shape index (κ2) is 5.48. The van der Waals surface area contributed by atoms with E-state index in [1.165, 1.54) is 25.9 Å². The molecule has 0 aromatic rings. The van der Waals surface area contributed by atoms with E-state index in [-0.39, 0.29) is 5.54 Å². The molecule has 0 spiro atoms. The van der Waals surface area contributed by atoms with Gasteiger partial charge in [0, 0.05) is 11.6 Å². The van der Waals surface area contributed by atoms with E-state index < -0.39 is 0 Å². The van der Waals surface area contributed by atoms with E-state index in [1.54, 1.807) is 0 Å². The van der Waals surface area contributed by atoms with Gasteiger partial charge in [0.15, 0.2) is 0 Å². The molecule has 3 heteroatoms. The Bertz CT molecular complexity index is 205. The molecule has 1 fully saturated rings. The lowest BCUT2D eigenvalue weighted by Crippen LogP contribution is -2.58. The second-order valence-electron chi connectivity index (χ2n) is 6.02. The van der Waals surface area contributed by atoms with Crippen LogP contribution in [0, 0.1) is 5.92 Å². The van der Waals surface area contributed by atoms with E-state index in [0.29, 0.717) is 6.04 Å². The van der Waals surface area contributed by atoms with Gasteiger partial charge < -0.3 is 15.1 Å². The predicted molar refractivity (Wildman–Crippen MR) is 70.8 cm³/mol. The highest BCUT2D eigenvalue weighted by molar-refractivity contribution is 4.96. The standard InChI is InChI=1S/C13H29N3/c1-13(2,14-3)12(15(4)5)11-7-9-16(6)10-8-11/h11-12,14H,7-10H2,1-6H3. The Kier molecular flexibility index (Phi) is 4.77. The highest BCUT2D eigenvalue weighted by Crippen LogP contribution is 2.29. The maximum absolute atomic E-state index is 3.48. The summed E-state index contributed by atoms with van der Waals surface area (Å²) in [4.78, 5) is 4.84. The smallest absolute Gasteiger partial charge is 0.0295 e. The molecular formula is C13H29N3. The third-order valence-corrected chi connectivity index (χ3v) is 4.15. The van der Waals surface area contributed by atoms with Crippen molar-refractivity contribution in [3.63, 3.8) is 0 Å². The second-order valence-corrected chi connectivity index (χ2v) is 6.02. The van der Waals surface area contributed by atoms with Gasteiger partial charge in [-0.05, 0) is 73.9 Å². The summed E-state index contributed by atoms with van der Waals surface area (Å²) < 4.78 is 0. The molecule has 1 saturated heterocycles. The van der Waals surface area contributed by atoms with Crippen molar-refractivity contribution in [3.05, 3.63) is 0 Å². The van der Waals surface area contributed by atoms with Crippen LogP contribution in [0.3, 0.4) is 0 Å². The maximum Gasteiger partial charge on any atom is 0.0295 e. The average Bonchev–Trinajstić information content (AvgIpc) is 2.20. The number of piperidine rings is 1. The van der Waals surface area contributed by atoms with Crippen LogP contribution in [0.2, 0.25) is 0 Å². The minimum Gasteiger partial charge on any atom is -0.313 e. The molecule has 0 saturated carbocycles. The first kappa shape index (κ1) is 13.9. The van der Waals surface area contributed by atoms with E-state index in [2.05, 4.69) is 57.2 Å². The van der Waals surface area contributed by atoms with Gasteiger partial charge in [-0.3, -0.25) is 0 Å². The summed E-state index contributed by atoms with van der Waals surface area (Å²) in [5.41, 5.74) is 0.185. The quantitative estimate of drug-likeness (QED) is 0.780. The van der Waals surface area contributed by atoms with Crippen LogP contribution >= 0.6 is 0 Å². The van der Waals surface area contributed by atoms with Crippen molar-refractivity contribution in [2.24, 2.45) is 5.92 Å². The molecule has 1 heterocycles. The van der Waals surface area contributed by atoms with Gasteiger partial charge >= 0.3 is 0 Å². The van der Waals surface area contributed by atoms with Crippen molar-refractivity contribution in [1.29, 1.82) is 0 Å². The van der Waals surface area contributed by atoms with Gasteiger partial charge in [0.1, 0.15) is 0 Å². The zero-order valence-corrected chi connectivity index (χ0v) is 11.9. The van der Waals surface area contributed by atoms with E-state index in [9.17, 15) is 0 Å². The van der Waals surface area contributed by atoms with Crippen LogP contribution in [0.15, 0.2) is 0 Å². The molecule has 1 N–H and O–H groups in total. The van der Waals surface area contributed by atoms with Crippen molar-refractivity contribution in [3.8, 4) is 0 Å². The topological polar surface area (TPSA) is 18.5 Å². The van der Waals surface area contributed by atoms with E-state index >= 15 is 0 Å². The third-order valence-electron chi connectivity index (χ3n) is 4.15. The molecule has 96 valence electrons. The zero-order valence-electron chi connectivity index (χ0n) is 11.9. The van der Waals surface area contributed by atoms with Gasteiger partial charge in [-0.2, -0.15) is 0 Å². The molecule has 1 atom stereocenters. The molecule has 1 rings (SSSR count). The van der Waals surface area contributed by atoms with Gasteiger partial charge in [0.25, 0.3) is 0 Å². The fraction of sp³-hybridized carbons (Fsp3) is 1.00. The van der Waals surface area contributed by atoms with Crippen LogP contribution in [-0.4, -0.2) is 62.7 Å².